The van der Waals surface area contributed by atoms with E-state index in [-0.39, 0.29) is 18.9 Å². The van der Waals surface area contributed by atoms with Gasteiger partial charge in [0.2, 0.25) is 0 Å². The average Bonchev–Trinajstić information content (AvgIpc) is 2.97. The molecule has 1 amide bonds. The highest BCUT2D eigenvalue weighted by molar-refractivity contribution is 5.94. The van der Waals surface area contributed by atoms with Crippen LogP contribution < -0.4 is 0 Å². The van der Waals surface area contributed by atoms with E-state index in [1.807, 2.05) is 6.92 Å². The second-order valence-corrected chi connectivity index (χ2v) is 4.71. The Hall–Kier alpha value is -2.70. The first-order valence-electron chi connectivity index (χ1n) is 6.42. The van der Waals surface area contributed by atoms with Crippen molar-refractivity contribution < 1.29 is 14.7 Å². The van der Waals surface area contributed by atoms with Gasteiger partial charge in [0.15, 0.2) is 0 Å². The predicted octanol–water partition coefficient (Wildman–Crippen LogP) is 1.12. The molecule has 2 rings (SSSR count). The molecule has 7 heteroatoms. The summed E-state index contributed by atoms with van der Waals surface area (Å²) in [7, 11) is 1.59. The highest BCUT2D eigenvalue weighted by Crippen LogP contribution is 2.15. The summed E-state index contributed by atoms with van der Waals surface area (Å²) in [6.07, 6.45) is 2.96. The second-order valence-electron chi connectivity index (χ2n) is 4.71. The molecule has 0 saturated heterocycles. The van der Waals surface area contributed by atoms with Crippen LogP contribution in [-0.2, 0) is 4.79 Å². The maximum Gasteiger partial charge on any atom is 0.305 e. The van der Waals surface area contributed by atoms with Crippen molar-refractivity contribution in [3.8, 4) is 5.69 Å². The number of benzene rings is 1. The SMILES string of the molecule is Cc1cc(C(=O)N(C)CCC(=O)O)ccc1-n1cncn1. The Kier molecular flexibility index (Phi) is 4.32. The molecule has 0 unspecified atom stereocenters. The summed E-state index contributed by atoms with van der Waals surface area (Å²) in [4.78, 5) is 28.0. The van der Waals surface area contributed by atoms with Gasteiger partial charge in [-0.25, -0.2) is 9.67 Å². The molecule has 7 nitrogen and oxygen atoms in total. The molecule has 1 N–H and O–H groups in total. The number of hydrogen-bond acceptors (Lipinski definition) is 4. The van der Waals surface area contributed by atoms with E-state index in [2.05, 4.69) is 10.1 Å². The molecule has 0 radical (unpaired) electrons. The van der Waals surface area contributed by atoms with Crippen molar-refractivity contribution in [2.45, 2.75) is 13.3 Å². The lowest BCUT2D eigenvalue weighted by atomic mass is 10.1. The van der Waals surface area contributed by atoms with Crippen LogP contribution in [0.3, 0.4) is 0 Å². The lowest BCUT2D eigenvalue weighted by Crippen LogP contribution is -2.29. The van der Waals surface area contributed by atoms with Crippen LogP contribution in [0.15, 0.2) is 30.9 Å². The van der Waals surface area contributed by atoms with E-state index in [0.717, 1.165) is 11.3 Å². The van der Waals surface area contributed by atoms with Gasteiger partial charge in [0.05, 0.1) is 12.1 Å². The predicted molar refractivity (Wildman–Crippen MR) is 75.3 cm³/mol. The van der Waals surface area contributed by atoms with Gasteiger partial charge < -0.3 is 10.0 Å². The summed E-state index contributed by atoms with van der Waals surface area (Å²) < 4.78 is 1.62. The Labute approximate surface area is 121 Å². The molecule has 0 aliphatic rings. The van der Waals surface area contributed by atoms with E-state index in [1.54, 1.807) is 36.3 Å². The number of aliphatic carboxylic acids is 1. The van der Waals surface area contributed by atoms with Crippen molar-refractivity contribution in [2.24, 2.45) is 0 Å². The number of hydrogen-bond donors (Lipinski definition) is 1. The Bertz CT molecular complexity index is 652. The maximum atomic E-state index is 12.2. The fraction of sp³-hybridized carbons (Fsp3) is 0.286. The van der Waals surface area contributed by atoms with Gasteiger partial charge in [-0.2, -0.15) is 5.10 Å². The first-order valence-corrected chi connectivity index (χ1v) is 6.42. The van der Waals surface area contributed by atoms with Gasteiger partial charge in [-0.05, 0) is 30.7 Å². The zero-order valence-corrected chi connectivity index (χ0v) is 11.9. The summed E-state index contributed by atoms with van der Waals surface area (Å²) in [6.45, 7) is 2.06. The quantitative estimate of drug-likeness (QED) is 0.890. The number of carbonyl (C=O) groups is 2. The Morgan fingerprint density at radius 3 is 2.71 bits per heavy atom. The standard InChI is InChI=1S/C14H16N4O3/c1-10-7-11(14(21)17(2)6-5-13(19)20)3-4-12(10)18-9-15-8-16-18/h3-4,7-9H,5-6H2,1-2H3,(H,19,20). The number of aryl methyl sites for hydroxylation is 1. The number of carboxylic acid groups (broad SMARTS) is 1. The topological polar surface area (TPSA) is 88.3 Å². The molecular formula is C14H16N4O3. The van der Waals surface area contributed by atoms with E-state index >= 15 is 0 Å². The van der Waals surface area contributed by atoms with E-state index in [0.29, 0.717) is 5.56 Å². The van der Waals surface area contributed by atoms with Gasteiger partial charge in [0, 0.05) is 19.2 Å². The molecule has 0 aliphatic heterocycles. The van der Waals surface area contributed by atoms with Crippen LogP contribution in [-0.4, -0.2) is 50.2 Å². The molecule has 0 bridgehead atoms. The molecule has 2 aromatic rings. The van der Waals surface area contributed by atoms with E-state index in [1.165, 1.54) is 11.2 Å². The average molecular weight is 288 g/mol. The van der Waals surface area contributed by atoms with Crippen LogP contribution in [0.2, 0.25) is 0 Å². The molecule has 21 heavy (non-hydrogen) atoms. The van der Waals surface area contributed by atoms with Crippen molar-refractivity contribution in [1.82, 2.24) is 19.7 Å². The summed E-state index contributed by atoms with van der Waals surface area (Å²) in [5.41, 5.74) is 2.25. The zero-order valence-electron chi connectivity index (χ0n) is 11.9. The number of carbonyl (C=O) groups excluding carboxylic acids is 1. The minimum absolute atomic E-state index is 0.0712. The zero-order chi connectivity index (χ0) is 15.4. The highest BCUT2D eigenvalue weighted by atomic mass is 16.4. The summed E-state index contributed by atoms with van der Waals surface area (Å²) in [5, 5.41) is 12.7. The third kappa shape index (κ3) is 3.44. The van der Waals surface area contributed by atoms with Crippen molar-refractivity contribution in [1.29, 1.82) is 0 Å². The fourth-order valence-corrected chi connectivity index (χ4v) is 1.96. The number of rotatable bonds is 5. The molecule has 0 fully saturated rings. The number of nitrogens with zero attached hydrogens (tertiary/aromatic N) is 4. The first-order chi connectivity index (χ1) is 9.99. The Morgan fingerprint density at radius 2 is 2.14 bits per heavy atom. The first kappa shape index (κ1) is 14.7. The molecule has 1 aromatic heterocycles. The fourth-order valence-electron chi connectivity index (χ4n) is 1.96. The number of aromatic nitrogens is 3. The molecule has 1 heterocycles. The summed E-state index contributed by atoms with van der Waals surface area (Å²) in [6, 6.07) is 5.25. The number of carboxylic acids is 1. The van der Waals surface area contributed by atoms with Crippen molar-refractivity contribution in [2.75, 3.05) is 13.6 Å². The normalized spacial score (nSPS) is 10.4. The molecule has 0 saturated carbocycles. The van der Waals surface area contributed by atoms with Crippen LogP contribution >= 0.6 is 0 Å². The Balaban J connectivity index is 2.16. The second kappa shape index (κ2) is 6.17. The maximum absolute atomic E-state index is 12.2. The largest absolute Gasteiger partial charge is 0.481 e. The third-order valence-electron chi connectivity index (χ3n) is 3.12. The van der Waals surface area contributed by atoms with Crippen molar-refractivity contribution >= 4 is 11.9 Å². The van der Waals surface area contributed by atoms with Crippen molar-refractivity contribution in [3.05, 3.63) is 42.0 Å². The van der Waals surface area contributed by atoms with Crippen LogP contribution in [0.5, 0.6) is 0 Å². The van der Waals surface area contributed by atoms with E-state index in [4.69, 9.17) is 5.11 Å². The lowest BCUT2D eigenvalue weighted by Gasteiger charge is -2.17. The third-order valence-corrected chi connectivity index (χ3v) is 3.12. The highest BCUT2D eigenvalue weighted by Gasteiger charge is 2.14. The number of amides is 1. The van der Waals surface area contributed by atoms with E-state index < -0.39 is 5.97 Å². The van der Waals surface area contributed by atoms with Crippen LogP contribution in [0.1, 0.15) is 22.3 Å². The minimum atomic E-state index is -0.924. The van der Waals surface area contributed by atoms with Gasteiger partial charge in [-0.15, -0.1) is 0 Å². The summed E-state index contributed by atoms with van der Waals surface area (Å²) >= 11 is 0. The summed E-state index contributed by atoms with van der Waals surface area (Å²) in [5.74, 6) is -1.13. The van der Waals surface area contributed by atoms with Gasteiger partial charge in [-0.3, -0.25) is 9.59 Å². The molecule has 1 aromatic carbocycles. The molecule has 0 atom stereocenters. The molecule has 0 aliphatic carbocycles. The van der Waals surface area contributed by atoms with Gasteiger partial charge in [-0.1, -0.05) is 0 Å². The van der Waals surface area contributed by atoms with Crippen LogP contribution in [0.4, 0.5) is 0 Å². The monoisotopic (exact) mass is 288 g/mol. The van der Waals surface area contributed by atoms with E-state index in [9.17, 15) is 9.59 Å². The van der Waals surface area contributed by atoms with Crippen LogP contribution in [0.25, 0.3) is 5.69 Å². The van der Waals surface area contributed by atoms with Gasteiger partial charge >= 0.3 is 5.97 Å². The molecule has 0 spiro atoms. The van der Waals surface area contributed by atoms with Gasteiger partial charge in [0.25, 0.3) is 5.91 Å². The lowest BCUT2D eigenvalue weighted by molar-refractivity contribution is -0.137. The molecule has 110 valence electrons. The van der Waals surface area contributed by atoms with Crippen molar-refractivity contribution in [3.63, 3.8) is 0 Å². The minimum Gasteiger partial charge on any atom is -0.481 e. The Morgan fingerprint density at radius 1 is 1.38 bits per heavy atom. The molecular weight excluding hydrogens is 272 g/mol. The van der Waals surface area contributed by atoms with Gasteiger partial charge in [0.1, 0.15) is 12.7 Å². The smallest absolute Gasteiger partial charge is 0.305 e. The van der Waals surface area contributed by atoms with Crippen LogP contribution in [0, 0.1) is 6.92 Å².